The second-order valence-corrected chi connectivity index (χ2v) is 7.54. The number of ether oxygens (including phenoxy) is 2. The third-order valence-corrected chi connectivity index (χ3v) is 5.77. The van der Waals surface area contributed by atoms with Crippen LogP contribution in [0, 0.1) is 0 Å². The Balaban J connectivity index is 1.78. The molecule has 0 unspecified atom stereocenters. The highest BCUT2D eigenvalue weighted by atomic mass is 35.5. The van der Waals surface area contributed by atoms with Crippen molar-refractivity contribution in [3.8, 4) is 11.5 Å². The molecule has 1 aliphatic rings. The van der Waals surface area contributed by atoms with Crippen LogP contribution in [0.3, 0.4) is 0 Å². The minimum atomic E-state index is 0.0735. The van der Waals surface area contributed by atoms with E-state index < -0.39 is 0 Å². The van der Waals surface area contributed by atoms with E-state index in [-0.39, 0.29) is 5.92 Å². The van der Waals surface area contributed by atoms with E-state index in [9.17, 15) is 0 Å². The Labute approximate surface area is 167 Å². The van der Waals surface area contributed by atoms with Gasteiger partial charge in [-0.15, -0.1) is 11.3 Å². The van der Waals surface area contributed by atoms with E-state index in [1.165, 1.54) is 0 Å². The van der Waals surface area contributed by atoms with Gasteiger partial charge in [-0.3, -0.25) is 5.01 Å². The second-order valence-electron chi connectivity index (χ2n) is 6.16. The zero-order valence-corrected chi connectivity index (χ0v) is 16.6. The van der Waals surface area contributed by atoms with Crippen molar-refractivity contribution in [1.29, 1.82) is 0 Å². The Morgan fingerprint density at radius 2 is 1.85 bits per heavy atom. The monoisotopic (exact) mass is 398 g/mol. The Hall–Kier alpha value is -2.50. The summed E-state index contributed by atoms with van der Waals surface area (Å²) in [5.74, 6) is 1.56. The second kappa shape index (κ2) is 7.62. The van der Waals surface area contributed by atoms with Gasteiger partial charge in [0.25, 0.3) is 0 Å². The molecule has 138 valence electrons. The summed E-state index contributed by atoms with van der Waals surface area (Å²) >= 11 is 7.73. The SMILES string of the molecule is COc1cccc([C@@H]2CN(c3ccc(Cl)cc3)N=C2c2cccs2)c1OC. The van der Waals surface area contributed by atoms with Gasteiger partial charge in [0, 0.05) is 10.6 Å². The Bertz CT molecular complexity index is 955. The normalized spacial score (nSPS) is 16.3. The first-order valence-electron chi connectivity index (χ1n) is 8.57. The van der Waals surface area contributed by atoms with Crippen molar-refractivity contribution in [1.82, 2.24) is 0 Å². The van der Waals surface area contributed by atoms with Crippen LogP contribution in [0.25, 0.3) is 0 Å². The number of methoxy groups -OCH3 is 2. The highest BCUT2D eigenvalue weighted by Gasteiger charge is 2.33. The Kier molecular flexibility index (Phi) is 5.05. The number of rotatable bonds is 5. The van der Waals surface area contributed by atoms with E-state index in [2.05, 4.69) is 17.5 Å². The molecule has 6 heteroatoms. The van der Waals surface area contributed by atoms with Crippen molar-refractivity contribution < 1.29 is 9.47 Å². The third kappa shape index (κ3) is 3.40. The molecule has 1 aromatic heterocycles. The van der Waals surface area contributed by atoms with E-state index in [0.717, 1.165) is 39.9 Å². The number of para-hydroxylation sites is 1. The van der Waals surface area contributed by atoms with Crippen LogP contribution in [-0.4, -0.2) is 26.5 Å². The van der Waals surface area contributed by atoms with Crippen molar-refractivity contribution in [3.63, 3.8) is 0 Å². The van der Waals surface area contributed by atoms with Crippen molar-refractivity contribution >= 4 is 34.3 Å². The van der Waals surface area contributed by atoms with Gasteiger partial charge in [0.05, 0.1) is 43.0 Å². The first-order chi connectivity index (χ1) is 13.2. The van der Waals surface area contributed by atoms with Crippen molar-refractivity contribution in [3.05, 3.63) is 75.4 Å². The summed E-state index contributed by atoms with van der Waals surface area (Å²) in [4.78, 5) is 1.15. The summed E-state index contributed by atoms with van der Waals surface area (Å²) in [7, 11) is 3.33. The van der Waals surface area contributed by atoms with Crippen LogP contribution in [0.4, 0.5) is 5.69 Å². The van der Waals surface area contributed by atoms with Gasteiger partial charge < -0.3 is 9.47 Å². The molecule has 0 radical (unpaired) electrons. The van der Waals surface area contributed by atoms with Gasteiger partial charge in [-0.05, 0) is 41.8 Å². The highest BCUT2D eigenvalue weighted by molar-refractivity contribution is 7.12. The number of nitrogens with zero attached hydrogens (tertiary/aromatic N) is 2. The van der Waals surface area contributed by atoms with Gasteiger partial charge in [0.15, 0.2) is 11.5 Å². The van der Waals surface area contributed by atoms with Crippen molar-refractivity contribution in [2.45, 2.75) is 5.92 Å². The first kappa shape index (κ1) is 17.9. The van der Waals surface area contributed by atoms with Crippen molar-refractivity contribution in [2.24, 2.45) is 5.10 Å². The topological polar surface area (TPSA) is 34.1 Å². The minimum absolute atomic E-state index is 0.0735. The van der Waals surface area contributed by atoms with Gasteiger partial charge in [-0.1, -0.05) is 29.8 Å². The summed E-state index contributed by atoms with van der Waals surface area (Å²) in [5.41, 5.74) is 3.12. The fourth-order valence-corrected chi connectivity index (χ4v) is 4.24. The van der Waals surface area contributed by atoms with Gasteiger partial charge in [0.2, 0.25) is 0 Å². The van der Waals surface area contributed by atoms with Crippen LogP contribution in [0.2, 0.25) is 5.02 Å². The van der Waals surface area contributed by atoms with E-state index in [4.69, 9.17) is 26.2 Å². The lowest BCUT2D eigenvalue weighted by atomic mass is 9.92. The summed E-state index contributed by atoms with van der Waals surface area (Å²) in [6.07, 6.45) is 0. The van der Waals surface area contributed by atoms with E-state index in [0.29, 0.717) is 5.02 Å². The Morgan fingerprint density at radius 1 is 1.04 bits per heavy atom. The molecule has 0 spiro atoms. The molecule has 1 aliphatic heterocycles. The van der Waals surface area contributed by atoms with E-state index in [1.807, 2.05) is 47.5 Å². The molecule has 2 heterocycles. The minimum Gasteiger partial charge on any atom is -0.493 e. The Morgan fingerprint density at radius 3 is 2.52 bits per heavy atom. The van der Waals surface area contributed by atoms with Crippen LogP contribution in [0.5, 0.6) is 11.5 Å². The molecular weight excluding hydrogens is 380 g/mol. The van der Waals surface area contributed by atoms with Crippen LogP contribution in [0.1, 0.15) is 16.4 Å². The maximum absolute atomic E-state index is 6.04. The average molecular weight is 399 g/mol. The molecule has 4 rings (SSSR count). The molecule has 0 bridgehead atoms. The van der Waals surface area contributed by atoms with Gasteiger partial charge in [-0.25, -0.2) is 0 Å². The number of hydrazone groups is 1. The predicted octanol–water partition coefficient (Wildman–Crippen LogP) is 5.43. The number of benzene rings is 2. The molecule has 0 saturated carbocycles. The maximum Gasteiger partial charge on any atom is 0.164 e. The molecule has 4 nitrogen and oxygen atoms in total. The van der Waals surface area contributed by atoms with Crippen LogP contribution in [-0.2, 0) is 0 Å². The van der Waals surface area contributed by atoms with Gasteiger partial charge in [0.1, 0.15) is 0 Å². The smallest absolute Gasteiger partial charge is 0.164 e. The molecule has 0 aliphatic carbocycles. The standard InChI is InChI=1S/C21H19ClN2O2S/c1-25-18-6-3-5-16(21(18)26-2)17-13-24(15-10-8-14(22)9-11-15)23-20(17)19-7-4-12-27-19/h3-12,17H,13H2,1-2H3/t17-/m0/s1. The summed E-state index contributed by atoms with van der Waals surface area (Å²) in [5, 5.41) is 9.75. The number of halogens is 1. The largest absolute Gasteiger partial charge is 0.493 e. The summed E-state index contributed by atoms with van der Waals surface area (Å²) < 4.78 is 11.2. The lowest BCUT2D eigenvalue weighted by Crippen LogP contribution is -2.18. The van der Waals surface area contributed by atoms with Crippen LogP contribution in [0.15, 0.2) is 65.1 Å². The van der Waals surface area contributed by atoms with Gasteiger partial charge >= 0.3 is 0 Å². The highest BCUT2D eigenvalue weighted by Crippen LogP contribution is 2.41. The number of hydrogen-bond acceptors (Lipinski definition) is 5. The maximum atomic E-state index is 6.04. The summed E-state index contributed by atoms with van der Waals surface area (Å²) in [6, 6.07) is 17.9. The first-order valence-corrected chi connectivity index (χ1v) is 9.83. The summed E-state index contributed by atoms with van der Waals surface area (Å²) in [6.45, 7) is 0.721. The molecule has 1 atom stereocenters. The number of anilines is 1. The lowest BCUT2D eigenvalue weighted by Gasteiger charge is -2.19. The third-order valence-electron chi connectivity index (χ3n) is 4.62. The molecule has 2 aromatic carbocycles. The van der Waals surface area contributed by atoms with Crippen molar-refractivity contribution in [2.75, 3.05) is 25.8 Å². The van der Waals surface area contributed by atoms with E-state index >= 15 is 0 Å². The number of thiophene rings is 1. The molecule has 0 saturated heterocycles. The van der Waals surface area contributed by atoms with Crippen LogP contribution >= 0.6 is 22.9 Å². The quantitative estimate of drug-likeness (QED) is 0.574. The molecular formula is C21H19ClN2O2S. The van der Waals surface area contributed by atoms with Gasteiger partial charge in [-0.2, -0.15) is 5.10 Å². The molecule has 0 fully saturated rings. The molecule has 0 amide bonds. The zero-order valence-electron chi connectivity index (χ0n) is 15.1. The van der Waals surface area contributed by atoms with E-state index in [1.54, 1.807) is 25.6 Å². The fraction of sp³-hybridized carbons (Fsp3) is 0.190. The molecule has 27 heavy (non-hydrogen) atoms. The lowest BCUT2D eigenvalue weighted by molar-refractivity contribution is 0.351. The van der Waals surface area contributed by atoms with Crippen LogP contribution < -0.4 is 14.5 Å². The predicted molar refractivity (Wildman–Crippen MR) is 112 cm³/mol. The molecule has 3 aromatic rings. The number of hydrogen-bond donors (Lipinski definition) is 0. The fourth-order valence-electron chi connectivity index (χ4n) is 3.35. The average Bonchev–Trinajstić information content (AvgIpc) is 3.37. The zero-order chi connectivity index (χ0) is 18.8. The molecule has 0 N–H and O–H groups in total.